The molecule has 0 N–H and O–H groups in total. The second-order valence-electron chi connectivity index (χ2n) is 16.6. The Labute approximate surface area is 377 Å². The second kappa shape index (κ2) is 15.7. The molecule has 5 nitrogen and oxygen atoms in total. The highest BCUT2D eigenvalue weighted by Crippen LogP contribution is 2.57. The van der Waals surface area contributed by atoms with Gasteiger partial charge in [-0.15, -0.1) is 0 Å². The first-order valence-corrected chi connectivity index (χ1v) is 21.7. The van der Waals surface area contributed by atoms with Crippen molar-refractivity contribution in [3.63, 3.8) is 0 Å². The number of carbonyl (C=O) groups excluding carboxylic acids is 3. The van der Waals surface area contributed by atoms with Crippen LogP contribution in [0.4, 0.5) is 0 Å². The molecule has 2 aliphatic carbocycles. The maximum Gasteiger partial charge on any atom is 0.343 e. The van der Waals surface area contributed by atoms with E-state index in [4.69, 9.17) is 9.47 Å². The molecule has 0 aliphatic heterocycles. The minimum absolute atomic E-state index is 0.0132. The molecule has 2 aliphatic rings. The molecule has 0 amide bonds. The molecule has 0 spiro atoms. The van der Waals surface area contributed by atoms with Gasteiger partial charge in [-0.05, 0) is 122 Å². The van der Waals surface area contributed by atoms with Crippen LogP contribution in [0.5, 0.6) is 11.5 Å². The van der Waals surface area contributed by atoms with E-state index in [1.807, 2.05) is 115 Å². The van der Waals surface area contributed by atoms with Gasteiger partial charge in [0.1, 0.15) is 11.5 Å². The van der Waals surface area contributed by atoms with Gasteiger partial charge < -0.3 is 9.47 Å². The van der Waals surface area contributed by atoms with Gasteiger partial charge in [0, 0.05) is 5.56 Å². The number of ketones is 1. The van der Waals surface area contributed by atoms with Gasteiger partial charge in [0.2, 0.25) is 0 Å². The van der Waals surface area contributed by atoms with E-state index in [0.29, 0.717) is 28.2 Å². The molecule has 0 saturated carbocycles. The summed E-state index contributed by atoms with van der Waals surface area (Å²) in [6, 6.07) is 73.9. The second-order valence-corrected chi connectivity index (χ2v) is 16.6. The molecule has 0 saturated heterocycles. The molecule has 0 radical (unpaired) electrons. The predicted octanol–water partition coefficient (Wildman–Crippen LogP) is 13.1. The van der Waals surface area contributed by atoms with Gasteiger partial charge in [0.05, 0.1) is 22.0 Å². The number of rotatable bonds is 9. The number of ether oxygens (including phenoxy) is 2. The van der Waals surface area contributed by atoms with Gasteiger partial charge in [0.15, 0.2) is 5.78 Å². The number of Topliss-reactive ketones (excluding diaryl/α,β-unsaturated/α-hetero) is 1. The van der Waals surface area contributed by atoms with Crippen molar-refractivity contribution in [1.29, 1.82) is 0 Å². The SMILES string of the molecule is CC(=O)c1ccc(C2(c3ccc(C(=O)Oc4ccc(C5(c6ccc(OC(=O)c7ccccc7)cc6)c6ccccc6-c6ccccc65)cc4)cc3)c3ccccc3-c3ccccc32)cc1. The minimum atomic E-state index is -0.715. The van der Waals surface area contributed by atoms with Crippen LogP contribution in [0.25, 0.3) is 22.3 Å². The fourth-order valence-electron chi connectivity index (χ4n) is 10.3. The molecule has 0 unspecified atom stereocenters. The summed E-state index contributed by atoms with van der Waals surface area (Å²) >= 11 is 0. The lowest BCUT2D eigenvalue weighted by molar-refractivity contribution is 0.0725. The van der Waals surface area contributed by atoms with E-state index < -0.39 is 22.8 Å². The van der Waals surface area contributed by atoms with Crippen molar-refractivity contribution in [2.45, 2.75) is 17.8 Å². The van der Waals surface area contributed by atoms with E-state index in [-0.39, 0.29) is 5.78 Å². The molecule has 0 atom stereocenters. The average molecular weight is 841 g/mol. The first-order valence-electron chi connectivity index (χ1n) is 21.7. The number of benzene rings is 9. The quantitative estimate of drug-likeness (QED) is 0.0822. The van der Waals surface area contributed by atoms with Crippen LogP contribution >= 0.6 is 0 Å². The fourth-order valence-corrected chi connectivity index (χ4v) is 10.3. The normalized spacial score (nSPS) is 13.4. The summed E-state index contributed by atoms with van der Waals surface area (Å²) in [5.74, 6) is -0.00908. The number of hydrogen-bond donors (Lipinski definition) is 0. The Morgan fingerprint density at radius 1 is 0.308 bits per heavy atom. The Kier molecular flexibility index (Phi) is 9.55. The standard InChI is InChI=1S/C60H40O5/c1-39(61)40-23-27-43(28-24-40)59(53-19-9-5-15-49(53)50-16-6-10-20-54(50)59)44-29-25-42(26-30-44)58(63)65-48-37-33-46(34-38-48)60(55-21-11-7-17-51(55)52-18-8-12-22-56(52)60)45-31-35-47(36-32-45)64-57(62)41-13-3-2-4-14-41/h2-38H,1H3. The van der Waals surface area contributed by atoms with E-state index >= 15 is 0 Å². The van der Waals surface area contributed by atoms with Crippen LogP contribution in [0.1, 0.15) is 82.5 Å². The minimum Gasteiger partial charge on any atom is -0.423 e. The maximum atomic E-state index is 14.0. The van der Waals surface area contributed by atoms with Crippen LogP contribution in [0.2, 0.25) is 0 Å². The predicted molar refractivity (Wildman–Crippen MR) is 254 cm³/mol. The van der Waals surface area contributed by atoms with Gasteiger partial charge in [0.25, 0.3) is 0 Å². The lowest BCUT2D eigenvalue weighted by Crippen LogP contribution is -2.28. The van der Waals surface area contributed by atoms with E-state index in [9.17, 15) is 14.4 Å². The van der Waals surface area contributed by atoms with Gasteiger partial charge in [-0.25, -0.2) is 9.59 Å². The summed E-state index contributed by atoms with van der Waals surface area (Å²) in [6.45, 7) is 1.58. The molecule has 0 fully saturated rings. The topological polar surface area (TPSA) is 69.7 Å². The summed E-state index contributed by atoms with van der Waals surface area (Å²) in [7, 11) is 0. The fraction of sp³-hybridized carbons (Fsp3) is 0.0500. The summed E-state index contributed by atoms with van der Waals surface area (Å²) in [4.78, 5) is 39.2. The Balaban J connectivity index is 0.924. The number of fused-ring (bicyclic) bond motifs is 6. The number of carbonyl (C=O) groups is 3. The van der Waals surface area contributed by atoms with Crippen LogP contribution in [0.15, 0.2) is 224 Å². The third-order valence-corrected chi connectivity index (χ3v) is 13.2. The molecular weight excluding hydrogens is 801 g/mol. The van der Waals surface area contributed by atoms with E-state index in [2.05, 4.69) is 97.1 Å². The monoisotopic (exact) mass is 840 g/mol. The van der Waals surface area contributed by atoms with Crippen molar-refractivity contribution in [3.05, 3.63) is 286 Å². The Bertz CT molecular complexity index is 3200. The summed E-state index contributed by atoms with van der Waals surface area (Å²) in [6.07, 6.45) is 0. The van der Waals surface area contributed by atoms with Crippen LogP contribution in [0, 0.1) is 0 Å². The molecule has 310 valence electrons. The summed E-state index contributed by atoms with van der Waals surface area (Å²) < 4.78 is 11.9. The molecule has 65 heavy (non-hydrogen) atoms. The van der Waals surface area contributed by atoms with Gasteiger partial charge in [-0.1, -0.05) is 176 Å². The number of hydrogen-bond acceptors (Lipinski definition) is 5. The van der Waals surface area contributed by atoms with Gasteiger partial charge in [-0.2, -0.15) is 0 Å². The Morgan fingerprint density at radius 2 is 0.585 bits per heavy atom. The van der Waals surface area contributed by atoms with Crippen molar-refractivity contribution in [3.8, 4) is 33.8 Å². The maximum absolute atomic E-state index is 14.0. The highest BCUT2D eigenvalue weighted by atomic mass is 16.5. The zero-order chi connectivity index (χ0) is 44.1. The smallest absolute Gasteiger partial charge is 0.343 e. The van der Waals surface area contributed by atoms with Gasteiger partial charge >= 0.3 is 11.9 Å². The zero-order valence-electron chi connectivity index (χ0n) is 35.4. The Morgan fingerprint density at radius 3 is 0.923 bits per heavy atom. The third kappa shape index (κ3) is 6.27. The highest BCUT2D eigenvalue weighted by molar-refractivity contribution is 5.95. The molecule has 0 heterocycles. The van der Waals surface area contributed by atoms with Crippen LogP contribution in [-0.4, -0.2) is 17.7 Å². The van der Waals surface area contributed by atoms with Crippen LogP contribution in [-0.2, 0) is 10.8 Å². The molecular formula is C60H40O5. The molecule has 9 aromatic carbocycles. The average Bonchev–Trinajstić information content (AvgIpc) is 3.84. The third-order valence-electron chi connectivity index (χ3n) is 13.2. The van der Waals surface area contributed by atoms with Gasteiger partial charge in [-0.3, -0.25) is 4.79 Å². The number of esters is 2. The molecule has 11 rings (SSSR count). The van der Waals surface area contributed by atoms with E-state index in [0.717, 1.165) is 66.8 Å². The Hall–Kier alpha value is -8.41. The largest absolute Gasteiger partial charge is 0.423 e. The van der Waals surface area contributed by atoms with Crippen molar-refractivity contribution in [2.75, 3.05) is 0 Å². The first kappa shape index (κ1) is 39.4. The van der Waals surface area contributed by atoms with Crippen molar-refractivity contribution in [2.24, 2.45) is 0 Å². The summed E-state index contributed by atoms with van der Waals surface area (Å²) in [5, 5.41) is 0. The summed E-state index contributed by atoms with van der Waals surface area (Å²) in [5.41, 5.74) is 13.3. The van der Waals surface area contributed by atoms with Crippen LogP contribution in [0.3, 0.4) is 0 Å². The van der Waals surface area contributed by atoms with E-state index in [1.165, 1.54) is 0 Å². The van der Waals surface area contributed by atoms with E-state index in [1.54, 1.807) is 19.1 Å². The van der Waals surface area contributed by atoms with Crippen molar-refractivity contribution in [1.82, 2.24) is 0 Å². The lowest BCUT2D eigenvalue weighted by Gasteiger charge is -2.34. The van der Waals surface area contributed by atoms with Crippen LogP contribution < -0.4 is 9.47 Å². The molecule has 9 aromatic rings. The molecule has 0 bridgehead atoms. The first-order chi connectivity index (χ1) is 31.9. The van der Waals surface area contributed by atoms with Crippen molar-refractivity contribution < 1.29 is 23.9 Å². The zero-order valence-corrected chi connectivity index (χ0v) is 35.4. The molecule has 5 heteroatoms. The van der Waals surface area contributed by atoms with Crippen molar-refractivity contribution >= 4 is 17.7 Å². The molecule has 0 aromatic heterocycles. The highest BCUT2D eigenvalue weighted by Gasteiger charge is 2.47. The lowest BCUT2D eigenvalue weighted by atomic mass is 9.67.